The van der Waals surface area contributed by atoms with Gasteiger partial charge in [-0.3, -0.25) is 4.79 Å². The van der Waals surface area contributed by atoms with Crippen molar-refractivity contribution in [2.24, 2.45) is 11.1 Å². The number of nitroso groups, excluding NO2 is 1. The third-order valence-electron chi connectivity index (χ3n) is 2.96. The van der Waals surface area contributed by atoms with Crippen molar-refractivity contribution >= 4 is 11.7 Å². The molecule has 0 spiro atoms. The second kappa shape index (κ2) is 4.95. The topological polar surface area (TPSA) is 59.0 Å². The quantitative estimate of drug-likeness (QED) is 0.586. The van der Waals surface area contributed by atoms with Gasteiger partial charge in [-0.25, -0.2) is 0 Å². The Balaban J connectivity index is 1.92. The number of benzene rings is 1. The van der Waals surface area contributed by atoms with E-state index < -0.39 is 0 Å². The summed E-state index contributed by atoms with van der Waals surface area (Å²) >= 11 is 0. The molecule has 0 saturated carbocycles. The highest BCUT2D eigenvalue weighted by Crippen LogP contribution is 2.25. The van der Waals surface area contributed by atoms with E-state index in [2.05, 4.69) is 14.8 Å². The van der Waals surface area contributed by atoms with E-state index in [1.165, 1.54) is 7.11 Å². The highest BCUT2D eigenvalue weighted by Gasteiger charge is 2.33. The molecule has 5 nitrogen and oxygen atoms in total. The van der Waals surface area contributed by atoms with Crippen molar-refractivity contribution in [2.45, 2.75) is 6.54 Å². The Morgan fingerprint density at radius 3 is 2.59 bits per heavy atom. The van der Waals surface area contributed by atoms with E-state index in [4.69, 9.17) is 0 Å². The molecular formula is C12H14N2O3. The number of anilines is 1. The normalized spacial score (nSPS) is 15.2. The molecule has 1 aromatic carbocycles. The molecule has 1 aliphatic rings. The number of ether oxygens (including phenoxy) is 1. The molecule has 5 heteroatoms. The van der Waals surface area contributed by atoms with E-state index in [0.717, 1.165) is 11.3 Å². The Labute approximate surface area is 99.3 Å². The Kier molecular flexibility index (Phi) is 3.37. The van der Waals surface area contributed by atoms with Gasteiger partial charge in [-0.1, -0.05) is 17.3 Å². The second-order valence-electron chi connectivity index (χ2n) is 4.08. The zero-order valence-electron chi connectivity index (χ0n) is 9.63. The van der Waals surface area contributed by atoms with Gasteiger partial charge in [0.15, 0.2) is 0 Å². The zero-order chi connectivity index (χ0) is 12.3. The largest absolute Gasteiger partial charge is 0.469 e. The molecule has 0 N–H and O–H groups in total. The summed E-state index contributed by atoms with van der Waals surface area (Å²) in [5.41, 5.74) is 1.95. The minimum atomic E-state index is -0.150. The first kappa shape index (κ1) is 11.6. The monoisotopic (exact) mass is 234 g/mol. The van der Waals surface area contributed by atoms with E-state index >= 15 is 0 Å². The van der Waals surface area contributed by atoms with Crippen LogP contribution in [0.4, 0.5) is 5.69 Å². The van der Waals surface area contributed by atoms with E-state index in [1.54, 1.807) is 0 Å². The van der Waals surface area contributed by atoms with Crippen LogP contribution in [0.25, 0.3) is 0 Å². The van der Waals surface area contributed by atoms with Crippen LogP contribution < -0.4 is 4.90 Å². The van der Waals surface area contributed by atoms with Crippen molar-refractivity contribution in [1.29, 1.82) is 0 Å². The van der Waals surface area contributed by atoms with Crippen molar-refractivity contribution in [1.82, 2.24) is 0 Å². The molecule has 0 radical (unpaired) electrons. The van der Waals surface area contributed by atoms with Crippen LogP contribution in [0.3, 0.4) is 0 Å². The fourth-order valence-corrected chi connectivity index (χ4v) is 1.89. The van der Waals surface area contributed by atoms with E-state index in [-0.39, 0.29) is 18.4 Å². The average molecular weight is 234 g/mol. The van der Waals surface area contributed by atoms with Crippen molar-refractivity contribution in [2.75, 3.05) is 25.1 Å². The summed E-state index contributed by atoms with van der Waals surface area (Å²) in [5.74, 6) is -0.167. The van der Waals surface area contributed by atoms with Crippen LogP contribution in [0.5, 0.6) is 0 Å². The number of carbonyl (C=O) groups excluding carboxylic acids is 1. The molecule has 0 atom stereocenters. The Hall–Kier alpha value is -1.91. The molecule has 1 saturated heterocycles. The summed E-state index contributed by atoms with van der Waals surface area (Å²) < 4.78 is 4.68. The van der Waals surface area contributed by atoms with Crippen molar-refractivity contribution in [3.63, 3.8) is 0 Å². The lowest BCUT2D eigenvalue weighted by Gasteiger charge is -2.39. The lowest BCUT2D eigenvalue weighted by Crippen LogP contribution is -2.50. The number of nitrogens with zero attached hydrogens (tertiary/aromatic N) is 2. The van der Waals surface area contributed by atoms with Gasteiger partial charge in [0.25, 0.3) is 0 Å². The molecule has 0 bridgehead atoms. The van der Waals surface area contributed by atoms with Gasteiger partial charge in [-0.15, -0.1) is 0 Å². The van der Waals surface area contributed by atoms with Gasteiger partial charge in [0.1, 0.15) is 6.54 Å². The first-order valence-corrected chi connectivity index (χ1v) is 5.45. The Bertz CT molecular complexity index is 410. The standard InChI is InChI=1S/C12H14N2O3/c1-17-12(15)10-7-14(8-10)11-4-2-9(3-5-11)6-13-16/h2-5,10H,6-8H2,1H3. The van der Waals surface area contributed by atoms with Crippen molar-refractivity contribution < 1.29 is 9.53 Å². The van der Waals surface area contributed by atoms with Gasteiger partial charge >= 0.3 is 5.97 Å². The summed E-state index contributed by atoms with van der Waals surface area (Å²) in [6.07, 6.45) is 0. The number of methoxy groups -OCH3 is 1. The SMILES string of the molecule is COC(=O)C1CN(c2ccc(CN=O)cc2)C1. The Morgan fingerprint density at radius 1 is 1.41 bits per heavy atom. The predicted octanol–water partition coefficient (Wildman–Crippen LogP) is 1.56. The lowest BCUT2D eigenvalue weighted by molar-refractivity contribution is -0.146. The summed E-state index contributed by atoms with van der Waals surface area (Å²) in [6.45, 7) is 1.58. The van der Waals surface area contributed by atoms with Crippen LogP contribution in [0.15, 0.2) is 29.4 Å². The highest BCUT2D eigenvalue weighted by atomic mass is 16.5. The van der Waals surface area contributed by atoms with E-state index in [0.29, 0.717) is 13.1 Å². The van der Waals surface area contributed by atoms with Crippen molar-refractivity contribution in [3.05, 3.63) is 34.7 Å². The maximum Gasteiger partial charge on any atom is 0.312 e. The van der Waals surface area contributed by atoms with Crippen LogP contribution in [0.2, 0.25) is 0 Å². The van der Waals surface area contributed by atoms with Crippen molar-refractivity contribution in [3.8, 4) is 0 Å². The van der Waals surface area contributed by atoms with Crippen LogP contribution in [-0.2, 0) is 16.1 Å². The zero-order valence-corrected chi connectivity index (χ0v) is 9.63. The number of rotatable bonds is 4. The van der Waals surface area contributed by atoms with Crippen LogP contribution in [0, 0.1) is 10.8 Å². The van der Waals surface area contributed by atoms with Gasteiger partial charge < -0.3 is 9.64 Å². The number of esters is 1. The van der Waals surface area contributed by atoms with Crippen LogP contribution >= 0.6 is 0 Å². The summed E-state index contributed by atoms with van der Waals surface area (Å²) in [6, 6.07) is 7.63. The van der Waals surface area contributed by atoms with Gasteiger partial charge in [0.2, 0.25) is 0 Å². The maximum atomic E-state index is 11.2. The number of hydrogen-bond acceptors (Lipinski definition) is 5. The third kappa shape index (κ3) is 2.43. The summed E-state index contributed by atoms with van der Waals surface area (Å²) in [5, 5.41) is 2.84. The third-order valence-corrected chi connectivity index (χ3v) is 2.96. The molecule has 0 unspecified atom stereocenters. The molecule has 0 aromatic heterocycles. The minimum Gasteiger partial charge on any atom is -0.469 e. The smallest absolute Gasteiger partial charge is 0.312 e. The molecule has 0 aliphatic carbocycles. The van der Waals surface area contributed by atoms with E-state index in [1.807, 2.05) is 24.3 Å². The van der Waals surface area contributed by atoms with Gasteiger partial charge in [-0.05, 0) is 17.7 Å². The first-order valence-electron chi connectivity index (χ1n) is 5.45. The lowest BCUT2D eigenvalue weighted by atomic mass is 9.99. The summed E-state index contributed by atoms with van der Waals surface area (Å²) in [4.78, 5) is 23.4. The highest BCUT2D eigenvalue weighted by molar-refractivity contribution is 5.76. The number of carbonyl (C=O) groups is 1. The molecule has 17 heavy (non-hydrogen) atoms. The average Bonchev–Trinajstić information content (AvgIpc) is 2.29. The van der Waals surface area contributed by atoms with Gasteiger partial charge in [0, 0.05) is 18.8 Å². The fraction of sp³-hybridized carbons (Fsp3) is 0.417. The molecule has 0 amide bonds. The number of hydrogen-bond donors (Lipinski definition) is 0. The fourth-order valence-electron chi connectivity index (χ4n) is 1.89. The first-order chi connectivity index (χ1) is 8.24. The molecule has 2 rings (SSSR count). The minimum absolute atomic E-state index is 0.0173. The van der Waals surface area contributed by atoms with Gasteiger partial charge in [-0.2, -0.15) is 4.91 Å². The molecule has 90 valence electrons. The molecular weight excluding hydrogens is 220 g/mol. The molecule has 1 aromatic rings. The van der Waals surface area contributed by atoms with Crippen LogP contribution in [-0.4, -0.2) is 26.2 Å². The molecule has 1 aliphatic heterocycles. The maximum absolute atomic E-state index is 11.2. The molecule has 1 fully saturated rings. The second-order valence-corrected chi connectivity index (χ2v) is 4.08. The van der Waals surface area contributed by atoms with Gasteiger partial charge in [0.05, 0.1) is 13.0 Å². The summed E-state index contributed by atoms with van der Waals surface area (Å²) in [7, 11) is 1.41. The molecule has 1 heterocycles. The van der Waals surface area contributed by atoms with E-state index in [9.17, 15) is 9.70 Å². The van der Waals surface area contributed by atoms with Crippen LogP contribution in [0.1, 0.15) is 5.56 Å². The Morgan fingerprint density at radius 2 is 2.06 bits per heavy atom. The predicted molar refractivity (Wildman–Crippen MR) is 63.7 cm³/mol.